The number of rotatable bonds is 5. The van der Waals surface area contributed by atoms with Gasteiger partial charge in [0.1, 0.15) is 11.4 Å². The third-order valence-electron chi connectivity index (χ3n) is 5.08. The van der Waals surface area contributed by atoms with Crippen LogP contribution in [0, 0.1) is 0 Å². The smallest absolute Gasteiger partial charge is 0.282 e. The molecule has 0 unspecified atom stereocenters. The minimum absolute atomic E-state index is 0.0781. The van der Waals surface area contributed by atoms with E-state index in [0.717, 1.165) is 25.9 Å². The Bertz CT molecular complexity index is 976. The van der Waals surface area contributed by atoms with Crippen LogP contribution in [-0.4, -0.2) is 35.9 Å². The summed E-state index contributed by atoms with van der Waals surface area (Å²) in [7, 11) is 0. The monoisotopic (exact) mass is 410 g/mol. The number of anilines is 1. The number of imide groups is 1. The number of amides is 2. The van der Waals surface area contributed by atoms with Gasteiger partial charge in [-0.25, -0.2) is 4.90 Å². The maximum absolute atomic E-state index is 13.5. The zero-order chi connectivity index (χ0) is 20.5. The summed E-state index contributed by atoms with van der Waals surface area (Å²) in [6.45, 7) is 5.36. The number of ether oxygens (including phenoxy) is 1. The third-order valence-corrected chi connectivity index (χ3v) is 5.34. The average Bonchev–Trinajstić information content (AvgIpc) is 3.29. The van der Waals surface area contributed by atoms with E-state index < -0.39 is 0 Å². The molecule has 2 aliphatic rings. The van der Waals surface area contributed by atoms with Crippen LogP contribution in [0.3, 0.4) is 0 Å². The number of halogens is 1. The van der Waals surface area contributed by atoms with E-state index in [1.54, 1.807) is 42.5 Å². The Kier molecular flexibility index (Phi) is 5.33. The molecule has 6 heteroatoms. The zero-order valence-corrected chi connectivity index (χ0v) is 17.3. The molecule has 0 atom stereocenters. The Morgan fingerprint density at radius 2 is 1.59 bits per heavy atom. The fourth-order valence-corrected chi connectivity index (χ4v) is 3.97. The fourth-order valence-electron chi connectivity index (χ4n) is 3.84. The molecule has 2 aromatic carbocycles. The van der Waals surface area contributed by atoms with Crippen LogP contribution in [0.25, 0.3) is 5.57 Å². The molecule has 29 heavy (non-hydrogen) atoms. The molecule has 5 nitrogen and oxygen atoms in total. The highest BCUT2D eigenvalue weighted by atomic mass is 35.5. The van der Waals surface area contributed by atoms with E-state index in [-0.39, 0.29) is 17.9 Å². The quantitative estimate of drug-likeness (QED) is 0.680. The van der Waals surface area contributed by atoms with E-state index >= 15 is 0 Å². The van der Waals surface area contributed by atoms with Gasteiger partial charge in [-0.2, -0.15) is 0 Å². The molecule has 1 fully saturated rings. The van der Waals surface area contributed by atoms with Crippen molar-refractivity contribution in [1.82, 2.24) is 4.90 Å². The molecule has 0 N–H and O–H groups in total. The molecule has 2 heterocycles. The Balaban J connectivity index is 1.82. The number of benzene rings is 2. The van der Waals surface area contributed by atoms with E-state index in [2.05, 4.69) is 0 Å². The predicted molar refractivity (Wildman–Crippen MR) is 114 cm³/mol. The largest absolute Gasteiger partial charge is 0.489 e. The molecule has 0 aliphatic carbocycles. The van der Waals surface area contributed by atoms with Gasteiger partial charge in [0, 0.05) is 18.1 Å². The van der Waals surface area contributed by atoms with Crippen LogP contribution in [0.4, 0.5) is 5.69 Å². The van der Waals surface area contributed by atoms with E-state index in [4.69, 9.17) is 16.3 Å². The highest BCUT2D eigenvalue weighted by Crippen LogP contribution is 2.39. The second-order valence-electron chi connectivity index (χ2n) is 7.50. The minimum Gasteiger partial charge on any atom is -0.489 e. The first kappa shape index (κ1) is 19.5. The summed E-state index contributed by atoms with van der Waals surface area (Å²) in [5.41, 5.74) is 2.05. The summed E-state index contributed by atoms with van der Waals surface area (Å²) in [5.74, 6) is -0.122. The lowest BCUT2D eigenvalue weighted by molar-refractivity contribution is -0.120. The lowest BCUT2D eigenvalue weighted by Gasteiger charge is -2.22. The SMILES string of the molecule is CC(C)Oc1ccccc1N1C(=O)C(c2ccc(Cl)cc2)=C(N2CCCC2)C1=O. The van der Waals surface area contributed by atoms with Crippen molar-refractivity contribution in [2.45, 2.75) is 32.8 Å². The average molecular weight is 411 g/mol. The summed E-state index contributed by atoms with van der Waals surface area (Å²) in [4.78, 5) is 30.3. The molecule has 0 aromatic heterocycles. The first-order chi connectivity index (χ1) is 14.0. The fraction of sp³-hybridized carbons (Fsp3) is 0.304. The molecule has 2 aliphatic heterocycles. The number of hydrogen-bond donors (Lipinski definition) is 0. The predicted octanol–water partition coefficient (Wildman–Crippen LogP) is 4.51. The molecule has 2 aromatic rings. The van der Waals surface area contributed by atoms with Crippen molar-refractivity contribution in [3.8, 4) is 5.75 Å². The van der Waals surface area contributed by atoms with Crippen LogP contribution in [0.2, 0.25) is 5.02 Å². The lowest BCUT2D eigenvalue weighted by Crippen LogP contribution is -2.35. The van der Waals surface area contributed by atoms with Crippen molar-refractivity contribution in [3.63, 3.8) is 0 Å². The second-order valence-corrected chi connectivity index (χ2v) is 7.94. The van der Waals surface area contributed by atoms with Crippen LogP contribution in [0.5, 0.6) is 5.75 Å². The van der Waals surface area contributed by atoms with E-state index in [0.29, 0.717) is 33.3 Å². The molecule has 0 saturated carbocycles. The van der Waals surface area contributed by atoms with Gasteiger partial charge in [0.25, 0.3) is 11.8 Å². The van der Waals surface area contributed by atoms with Gasteiger partial charge in [0.05, 0.1) is 17.4 Å². The van der Waals surface area contributed by atoms with Crippen molar-refractivity contribution in [2.75, 3.05) is 18.0 Å². The van der Waals surface area contributed by atoms with E-state index in [9.17, 15) is 9.59 Å². The van der Waals surface area contributed by atoms with E-state index in [1.807, 2.05) is 24.8 Å². The number of likely N-dealkylation sites (tertiary alicyclic amines) is 1. The molecule has 4 rings (SSSR count). The Hall–Kier alpha value is -2.79. The maximum Gasteiger partial charge on any atom is 0.282 e. The molecule has 0 spiro atoms. The van der Waals surface area contributed by atoms with Gasteiger partial charge in [0.2, 0.25) is 0 Å². The van der Waals surface area contributed by atoms with Crippen molar-refractivity contribution >= 4 is 34.7 Å². The number of nitrogens with zero attached hydrogens (tertiary/aromatic N) is 2. The number of hydrogen-bond acceptors (Lipinski definition) is 4. The third kappa shape index (κ3) is 3.62. The Morgan fingerprint density at radius 3 is 2.24 bits per heavy atom. The minimum atomic E-state index is -0.334. The maximum atomic E-state index is 13.5. The van der Waals surface area contributed by atoms with Crippen LogP contribution < -0.4 is 9.64 Å². The van der Waals surface area contributed by atoms with Gasteiger partial charge in [-0.05, 0) is 56.5 Å². The normalized spacial score (nSPS) is 17.1. The summed E-state index contributed by atoms with van der Waals surface area (Å²) in [6, 6.07) is 14.2. The van der Waals surface area contributed by atoms with E-state index in [1.165, 1.54) is 4.90 Å². The van der Waals surface area contributed by atoms with Gasteiger partial charge in [-0.1, -0.05) is 35.9 Å². The second kappa shape index (κ2) is 7.91. The van der Waals surface area contributed by atoms with Crippen LogP contribution >= 0.6 is 11.6 Å². The topological polar surface area (TPSA) is 49.9 Å². The van der Waals surface area contributed by atoms with Crippen LogP contribution in [0.1, 0.15) is 32.3 Å². The summed E-state index contributed by atoms with van der Waals surface area (Å²) >= 11 is 6.04. The van der Waals surface area contributed by atoms with Crippen LogP contribution in [0.15, 0.2) is 54.2 Å². The molecule has 1 saturated heterocycles. The molecule has 0 bridgehead atoms. The van der Waals surface area contributed by atoms with Crippen molar-refractivity contribution < 1.29 is 14.3 Å². The number of para-hydroxylation sites is 2. The molecular formula is C23H23ClN2O3. The highest BCUT2D eigenvalue weighted by molar-refractivity contribution is 6.45. The lowest BCUT2D eigenvalue weighted by atomic mass is 10.0. The van der Waals surface area contributed by atoms with Gasteiger partial charge in [-0.3, -0.25) is 9.59 Å². The van der Waals surface area contributed by atoms with Crippen molar-refractivity contribution in [3.05, 3.63) is 64.8 Å². The standard InChI is InChI=1S/C23H23ClN2O3/c1-15(2)29-19-8-4-3-7-18(19)26-22(27)20(16-9-11-17(24)12-10-16)21(23(26)28)25-13-5-6-14-25/h3-4,7-12,15H,5-6,13-14H2,1-2H3. The summed E-state index contributed by atoms with van der Waals surface area (Å²) in [6.07, 6.45) is 1.93. The van der Waals surface area contributed by atoms with Gasteiger partial charge >= 0.3 is 0 Å². The molecule has 2 amide bonds. The Labute approximate surface area is 175 Å². The number of carbonyl (C=O) groups excluding carboxylic acids is 2. The van der Waals surface area contributed by atoms with Gasteiger partial charge in [-0.15, -0.1) is 0 Å². The van der Waals surface area contributed by atoms with Gasteiger partial charge < -0.3 is 9.64 Å². The van der Waals surface area contributed by atoms with Gasteiger partial charge in [0.15, 0.2) is 0 Å². The summed E-state index contributed by atoms with van der Waals surface area (Å²) in [5, 5.41) is 0.585. The summed E-state index contributed by atoms with van der Waals surface area (Å²) < 4.78 is 5.88. The molecule has 150 valence electrons. The van der Waals surface area contributed by atoms with Crippen molar-refractivity contribution in [2.24, 2.45) is 0 Å². The molecule has 0 radical (unpaired) electrons. The zero-order valence-electron chi connectivity index (χ0n) is 16.5. The first-order valence-corrected chi connectivity index (χ1v) is 10.2. The highest BCUT2D eigenvalue weighted by Gasteiger charge is 2.43. The Morgan fingerprint density at radius 1 is 0.931 bits per heavy atom. The molecular weight excluding hydrogens is 388 g/mol. The number of carbonyl (C=O) groups is 2. The van der Waals surface area contributed by atoms with Crippen molar-refractivity contribution in [1.29, 1.82) is 0 Å². The first-order valence-electron chi connectivity index (χ1n) is 9.87. The van der Waals surface area contributed by atoms with Crippen LogP contribution in [-0.2, 0) is 9.59 Å².